The molecule has 146 valence electrons. The molecule has 1 N–H and O–H groups in total. The van der Waals surface area contributed by atoms with Gasteiger partial charge in [0.1, 0.15) is 0 Å². The smallest absolute Gasteiger partial charge is 0.228 e. The number of fused-ring (bicyclic) bond motifs is 2. The number of nitrogens with one attached hydrogen (secondary N) is 1. The van der Waals surface area contributed by atoms with Gasteiger partial charge in [-0.15, -0.1) is 0 Å². The molecule has 0 aliphatic carbocycles. The topological polar surface area (TPSA) is 46.9 Å². The predicted octanol–water partition coefficient (Wildman–Crippen LogP) is 5.42. The average molecular weight is 391 g/mol. The molecule has 0 saturated carbocycles. The van der Waals surface area contributed by atoms with E-state index < -0.39 is 0 Å². The van der Waals surface area contributed by atoms with Gasteiger partial charge in [0.2, 0.25) is 5.91 Å². The maximum absolute atomic E-state index is 12.6. The zero-order valence-electron chi connectivity index (χ0n) is 16.5. The molecule has 0 fully saturated rings. The molecule has 1 aromatic heterocycles. The number of nitrogens with zero attached hydrogens (tertiary/aromatic N) is 2. The van der Waals surface area contributed by atoms with Crippen molar-refractivity contribution in [1.29, 1.82) is 0 Å². The lowest BCUT2D eigenvalue weighted by Gasteiger charge is -2.08. The Bertz CT molecular complexity index is 1340. The summed E-state index contributed by atoms with van der Waals surface area (Å²) < 4.78 is 2.12. The van der Waals surface area contributed by atoms with Gasteiger partial charge in [-0.3, -0.25) is 4.79 Å². The largest absolute Gasteiger partial charge is 0.326 e. The third-order valence-electron chi connectivity index (χ3n) is 5.28. The van der Waals surface area contributed by atoms with E-state index in [-0.39, 0.29) is 5.91 Å². The van der Waals surface area contributed by atoms with Crippen molar-refractivity contribution in [1.82, 2.24) is 9.55 Å². The molecule has 5 aromatic rings. The van der Waals surface area contributed by atoms with Crippen molar-refractivity contribution in [2.45, 2.75) is 13.0 Å². The lowest BCUT2D eigenvalue weighted by Crippen LogP contribution is -2.14. The molecule has 1 heterocycles. The molecule has 0 aliphatic heterocycles. The zero-order valence-corrected chi connectivity index (χ0v) is 16.5. The number of aromatic nitrogens is 2. The highest BCUT2D eigenvalue weighted by atomic mass is 16.1. The molecule has 0 bridgehead atoms. The van der Waals surface area contributed by atoms with E-state index in [0.29, 0.717) is 6.42 Å². The Morgan fingerprint density at radius 1 is 0.800 bits per heavy atom. The molecule has 0 unspecified atom stereocenters. The maximum Gasteiger partial charge on any atom is 0.228 e. The monoisotopic (exact) mass is 391 g/mol. The fourth-order valence-corrected chi connectivity index (χ4v) is 3.79. The Labute approximate surface area is 174 Å². The van der Waals surface area contributed by atoms with Crippen molar-refractivity contribution in [2.75, 3.05) is 5.32 Å². The van der Waals surface area contributed by atoms with Crippen LogP contribution in [0.2, 0.25) is 0 Å². The summed E-state index contributed by atoms with van der Waals surface area (Å²) in [5, 5.41) is 5.33. The molecule has 4 nitrogen and oxygen atoms in total. The van der Waals surface area contributed by atoms with Gasteiger partial charge in [-0.1, -0.05) is 72.8 Å². The van der Waals surface area contributed by atoms with Crippen molar-refractivity contribution in [2.24, 2.45) is 0 Å². The van der Waals surface area contributed by atoms with Crippen LogP contribution >= 0.6 is 0 Å². The second kappa shape index (κ2) is 7.84. The van der Waals surface area contributed by atoms with Crippen LogP contribution in [0.25, 0.3) is 21.8 Å². The highest BCUT2D eigenvalue weighted by Crippen LogP contribution is 2.20. The molecule has 4 aromatic carbocycles. The summed E-state index contributed by atoms with van der Waals surface area (Å²) >= 11 is 0. The molecule has 0 radical (unpaired) electrons. The van der Waals surface area contributed by atoms with E-state index in [1.165, 1.54) is 10.9 Å². The van der Waals surface area contributed by atoms with E-state index in [1.807, 2.05) is 60.9 Å². The number of benzene rings is 4. The first kappa shape index (κ1) is 18.1. The fraction of sp³-hybridized carbons (Fsp3) is 0.0769. The van der Waals surface area contributed by atoms with Crippen LogP contribution in [0.15, 0.2) is 97.3 Å². The van der Waals surface area contributed by atoms with Gasteiger partial charge < -0.3 is 9.88 Å². The van der Waals surface area contributed by atoms with Crippen LogP contribution in [0.1, 0.15) is 11.1 Å². The van der Waals surface area contributed by atoms with E-state index >= 15 is 0 Å². The first-order valence-corrected chi connectivity index (χ1v) is 10.0. The molecular weight excluding hydrogens is 370 g/mol. The molecule has 0 spiro atoms. The lowest BCUT2D eigenvalue weighted by atomic mass is 10.0. The summed E-state index contributed by atoms with van der Waals surface area (Å²) in [6.07, 6.45) is 2.18. The fourth-order valence-electron chi connectivity index (χ4n) is 3.79. The van der Waals surface area contributed by atoms with Gasteiger partial charge >= 0.3 is 0 Å². The summed E-state index contributed by atoms with van der Waals surface area (Å²) in [7, 11) is 0. The molecule has 5 rings (SSSR count). The number of carbonyl (C=O) groups is 1. The Morgan fingerprint density at radius 2 is 1.60 bits per heavy atom. The van der Waals surface area contributed by atoms with Crippen molar-refractivity contribution in [3.63, 3.8) is 0 Å². The molecule has 0 atom stereocenters. The predicted molar refractivity (Wildman–Crippen MR) is 122 cm³/mol. The van der Waals surface area contributed by atoms with E-state index in [4.69, 9.17) is 0 Å². The van der Waals surface area contributed by atoms with Crippen LogP contribution in [-0.2, 0) is 17.8 Å². The van der Waals surface area contributed by atoms with Gasteiger partial charge in [-0.25, -0.2) is 4.98 Å². The zero-order chi connectivity index (χ0) is 20.3. The SMILES string of the molecule is O=C(Cc1ccc2ccccc2c1)Nc1ccc2c(c1)ncn2Cc1ccccc1. The molecular formula is C26H21N3O. The van der Waals surface area contributed by atoms with Gasteiger partial charge in [-0.05, 0) is 40.1 Å². The molecule has 0 saturated heterocycles. The van der Waals surface area contributed by atoms with Gasteiger partial charge in [0.15, 0.2) is 0 Å². The molecule has 30 heavy (non-hydrogen) atoms. The number of carbonyl (C=O) groups excluding carboxylic acids is 1. The molecule has 4 heteroatoms. The Kier molecular flexibility index (Phi) is 4.74. The van der Waals surface area contributed by atoms with Crippen molar-refractivity contribution in [3.8, 4) is 0 Å². The molecule has 0 aliphatic rings. The van der Waals surface area contributed by atoms with Crippen LogP contribution in [0.5, 0.6) is 0 Å². The number of amides is 1. The van der Waals surface area contributed by atoms with E-state index in [2.05, 4.69) is 51.3 Å². The summed E-state index contributed by atoms with van der Waals surface area (Å²) in [5.74, 6) is -0.0339. The third kappa shape index (κ3) is 3.80. The second-order valence-electron chi connectivity index (χ2n) is 7.47. The van der Waals surface area contributed by atoms with Crippen molar-refractivity contribution >= 4 is 33.4 Å². The van der Waals surface area contributed by atoms with Crippen molar-refractivity contribution < 1.29 is 4.79 Å². The molecule has 1 amide bonds. The summed E-state index contributed by atoms with van der Waals surface area (Å²) in [6.45, 7) is 0.769. The second-order valence-corrected chi connectivity index (χ2v) is 7.47. The Morgan fingerprint density at radius 3 is 2.47 bits per heavy atom. The Hall–Kier alpha value is -3.92. The van der Waals surface area contributed by atoms with Gasteiger partial charge in [-0.2, -0.15) is 0 Å². The van der Waals surface area contributed by atoms with Gasteiger partial charge in [0.05, 0.1) is 23.8 Å². The number of imidazole rings is 1. The van der Waals surface area contributed by atoms with E-state index in [1.54, 1.807) is 0 Å². The lowest BCUT2D eigenvalue weighted by molar-refractivity contribution is -0.115. The maximum atomic E-state index is 12.6. The van der Waals surface area contributed by atoms with Gasteiger partial charge in [0, 0.05) is 12.2 Å². The number of hydrogen-bond acceptors (Lipinski definition) is 2. The minimum absolute atomic E-state index is 0.0339. The normalized spacial score (nSPS) is 11.1. The minimum Gasteiger partial charge on any atom is -0.326 e. The first-order chi connectivity index (χ1) is 14.7. The quantitative estimate of drug-likeness (QED) is 0.435. The van der Waals surface area contributed by atoms with Crippen LogP contribution in [0.4, 0.5) is 5.69 Å². The van der Waals surface area contributed by atoms with Crippen LogP contribution in [0.3, 0.4) is 0 Å². The van der Waals surface area contributed by atoms with Crippen molar-refractivity contribution in [3.05, 3.63) is 108 Å². The van der Waals surface area contributed by atoms with E-state index in [0.717, 1.165) is 34.2 Å². The standard InChI is InChI=1S/C26H21N3O/c30-26(15-20-10-11-21-8-4-5-9-22(21)14-20)28-23-12-13-25-24(16-23)27-18-29(25)17-19-6-2-1-3-7-19/h1-14,16,18H,15,17H2,(H,28,30). The van der Waals surface area contributed by atoms with Crippen LogP contribution < -0.4 is 5.32 Å². The highest BCUT2D eigenvalue weighted by Gasteiger charge is 2.08. The number of hydrogen-bond donors (Lipinski definition) is 1. The average Bonchev–Trinajstić information content (AvgIpc) is 3.16. The van der Waals surface area contributed by atoms with Gasteiger partial charge in [0.25, 0.3) is 0 Å². The minimum atomic E-state index is -0.0339. The first-order valence-electron chi connectivity index (χ1n) is 10.0. The summed E-state index contributed by atoms with van der Waals surface area (Å²) in [4.78, 5) is 17.1. The Balaban J connectivity index is 1.30. The van der Waals surface area contributed by atoms with Crippen LogP contribution in [-0.4, -0.2) is 15.5 Å². The van der Waals surface area contributed by atoms with Crippen LogP contribution in [0, 0.1) is 0 Å². The highest BCUT2D eigenvalue weighted by molar-refractivity contribution is 5.95. The number of anilines is 1. The number of rotatable bonds is 5. The summed E-state index contributed by atoms with van der Waals surface area (Å²) in [6, 6.07) is 30.5. The third-order valence-corrected chi connectivity index (χ3v) is 5.28. The van der Waals surface area contributed by atoms with E-state index in [9.17, 15) is 4.79 Å². The summed E-state index contributed by atoms with van der Waals surface area (Å²) in [5.41, 5.74) is 4.91.